The first-order valence-electron chi connectivity index (χ1n) is 6.61. The van der Waals surface area contributed by atoms with Gasteiger partial charge in [-0.25, -0.2) is 4.79 Å². The number of nitro groups is 1. The molecule has 2 aromatic carbocycles. The van der Waals surface area contributed by atoms with Crippen LogP contribution in [0.4, 0.5) is 5.69 Å². The third-order valence-corrected chi connectivity index (χ3v) is 3.03. The maximum absolute atomic E-state index is 11.8. The molecule has 0 aromatic heterocycles. The van der Waals surface area contributed by atoms with Gasteiger partial charge in [0.05, 0.1) is 4.92 Å². The summed E-state index contributed by atoms with van der Waals surface area (Å²) in [5.74, 6) is 0.357. The monoisotopic (exact) mass is 301 g/mol. The third kappa shape index (κ3) is 3.82. The number of para-hydroxylation sites is 1. The van der Waals surface area contributed by atoms with E-state index in [2.05, 4.69) is 0 Å². The standard InChI is InChI=1S/C16H15NO5/c1-11-5-3-4-6-15(11)22-16(18)10-21-14-8-7-13(17(19)20)9-12(14)2/h3-9H,10H2,1-2H3. The smallest absolute Gasteiger partial charge is 0.349 e. The van der Waals surface area contributed by atoms with E-state index in [-0.39, 0.29) is 12.3 Å². The van der Waals surface area contributed by atoms with Crippen molar-refractivity contribution in [3.05, 3.63) is 63.7 Å². The average molecular weight is 301 g/mol. The summed E-state index contributed by atoms with van der Waals surface area (Å²) in [5, 5.41) is 10.7. The van der Waals surface area contributed by atoms with Crippen molar-refractivity contribution in [2.24, 2.45) is 0 Å². The minimum Gasteiger partial charge on any atom is -0.482 e. The van der Waals surface area contributed by atoms with E-state index in [0.717, 1.165) is 5.56 Å². The molecule has 0 spiro atoms. The summed E-state index contributed by atoms with van der Waals surface area (Å²) in [6, 6.07) is 11.3. The molecule has 6 heteroatoms. The molecular formula is C16H15NO5. The number of nitrogens with zero attached hydrogens (tertiary/aromatic N) is 1. The van der Waals surface area contributed by atoms with E-state index >= 15 is 0 Å². The van der Waals surface area contributed by atoms with E-state index in [1.165, 1.54) is 18.2 Å². The molecule has 114 valence electrons. The number of ether oxygens (including phenoxy) is 2. The Morgan fingerprint density at radius 2 is 1.82 bits per heavy atom. The van der Waals surface area contributed by atoms with Crippen LogP contribution >= 0.6 is 0 Å². The number of non-ortho nitro benzene ring substituents is 1. The second kappa shape index (κ2) is 6.71. The van der Waals surface area contributed by atoms with Crippen LogP contribution in [0.5, 0.6) is 11.5 Å². The molecule has 0 aliphatic carbocycles. The predicted octanol–water partition coefficient (Wildman–Crippen LogP) is 3.20. The molecule has 0 bridgehead atoms. The van der Waals surface area contributed by atoms with Crippen LogP contribution in [-0.2, 0) is 4.79 Å². The summed E-state index contributed by atoms with van der Waals surface area (Å²) >= 11 is 0. The zero-order chi connectivity index (χ0) is 16.1. The molecule has 0 atom stereocenters. The highest BCUT2D eigenvalue weighted by atomic mass is 16.6. The number of carbonyl (C=O) groups is 1. The van der Waals surface area contributed by atoms with Gasteiger partial charge in [0.1, 0.15) is 11.5 Å². The van der Waals surface area contributed by atoms with Crippen LogP contribution in [-0.4, -0.2) is 17.5 Å². The zero-order valence-electron chi connectivity index (χ0n) is 12.2. The van der Waals surface area contributed by atoms with Crippen LogP contribution < -0.4 is 9.47 Å². The molecule has 0 fully saturated rings. The lowest BCUT2D eigenvalue weighted by Crippen LogP contribution is -2.18. The van der Waals surface area contributed by atoms with Crippen LogP contribution in [0.25, 0.3) is 0 Å². The number of hydrogen-bond acceptors (Lipinski definition) is 5. The van der Waals surface area contributed by atoms with Gasteiger partial charge in [-0.05, 0) is 37.1 Å². The Labute approximate surface area is 127 Å². The molecule has 0 aliphatic rings. The SMILES string of the molecule is Cc1cc([N+](=O)[O-])ccc1OCC(=O)Oc1ccccc1C. The highest BCUT2D eigenvalue weighted by Gasteiger charge is 2.12. The first-order chi connectivity index (χ1) is 10.5. The van der Waals surface area contributed by atoms with Gasteiger partial charge >= 0.3 is 5.97 Å². The molecule has 2 aromatic rings. The summed E-state index contributed by atoms with van der Waals surface area (Å²) in [7, 11) is 0. The molecule has 2 rings (SSSR count). The van der Waals surface area contributed by atoms with Crippen LogP contribution in [0.1, 0.15) is 11.1 Å². The van der Waals surface area contributed by atoms with E-state index in [4.69, 9.17) is 9.47 Å². The van der Waals surface area contributed by atoms with Crippen molar-refractivity contribution in [3.8, 4) is 11.5 Å². The van der Waals surface area contributed by atoms with Crippen molar-refractivity contribution in [2.45, 2.75) is 13.8 Å². The molecule has 0 saturated carbocycles. The van der Waals surface area contributed by atoms with Gasteiger partial charge in [-0.15, -0.1) is 0 Å². The minimum absolute atomic E-state index is 0.0210. The normalized spacial score (nSPS) is 10.1. The van der Waals surface area contributed by atoms with Crippen molar-refractivity contribution in [1.29, 1.82) is 0 Å². The number of carbonyl (C=O) groups excluding carboxylic acids is 1. The van der Waals surface area contributed by atoms with Crippen molar-refractivity contribution < 1.29 is 19.2 Å². The fourth-order valence-corrected chi connectivity index (χ4v) is 1.87. The zero-order valence-corrected chi connectivity index (χ0v) is 12.2. The van der Waals surface area contributed by atoms with Crippen LogP contribution in [0.15, 0.2) is 42.5 Å². The maximum atomic E-state index is 11.8. The Kier molecular flexibility index (Phi) is 4.73. The number of hydrogen-bond donors (Lipinski definition) is 0. The van der Waals surface area contributed by atoms with E-state index in [9.17, 15) is 14.9 Å². The molecular weight excluding hydrogens is 286 g/mol. The summed E-state index contributed by atoms with van der Waals surface area (Å²) in [6.45, 7) is 3.24. The van der Waals surface area contributed by atoms with Gasteiger partial charge in [0.2, 0.25) is 0 Å². The van der Waals surface area contributed by atoms with Crippen molar-refractivity contribution in [1.82, 2.24) is 0 Å². The number of aryl methyl sites for hydroxylation is 2. The quantitative estimate of drug-likeness (QED) is 0.367. The summed E-state index contributed by atoms with van der Waals surface area (Å²) in [5.41, 5.74) is 1.41. The third-order valence-electron chi connectivity index (χ3n) is 3.03. The van der Waals surface area contributed by atoms with E-state index in [1.54, 1.807) is 19.1 Å². The molecule has 0 N–H and O–H groups in total. The van der Waals surface area contributed by atoms with Crippen molar-refractivity contribution >= 4 is 11.7 Å². The number of nitro benzene ring substituents is 1. The molecule has 6 nitrogen and oxygen atoms in total. The van der Waals surface area contributed by atoms with Crippen molar-refractivity contribution in [3.63, 3.8) is 0 Å². The maximum Gasteiger partial charge on any atom is 0.349 e. The Morgan fingerprint density at radius 1 is 1.09 bits per heavy atom. The summed E-state index contributed by atoms with van der Waals surface area (Å²) in [4.78, 5) is 21.9. The van der Waals surface area contributed by atoms with E-state index in [1.807, 2.05) is 19.1 Å². The van der Waals surface area contributed by atoms with Gasteiger partial charge in [0.25, 0.3) is 5.69 Å². The highest BCUT2D eigenvalue weighted by Crippen LogP contribution is 2.23. The fourth-order valence-electron chi connectivity index (χ4n) is 1.87. The van der Waals surface area contributed by atoms with E-state index in [0.29, 0.717) is 17.1 Å². The van der Waals surface area contributed by atoms with E-state index < -0.39 is 10.9 Å². The molecule has 0 radical (unpaired) electrons. The molecule has 22 heavy (non-hydrogen) atoms. The Hall–Kier alpha value is -2.89. The van der Waals surface area contributed by atoms with Crippen LogP contribution in [0.3, 0.4) is 0 Å². The first kappa shape index (κ1) is 15.5. The second-order valence-corrected chi connectivity index (χ2v) is 4.74. The number of esters is 1. The predicted molar refractivity (Wildman–Crippen MR) is 80.1 cm³/mol. The lowest BCUT2D eigenvalue weighted by atomic mass is 10.2. The molecule has 0 aliphatic heterocycles. The average Bonchev–Trinajstić information content (AvgIpc) is 2.48. The molecule has 0 saturated heterocycles. The van der Waals surface area contributed by atoms with Crippen LogP contribution in [0, 0.1) is 24.0 Å². The van der Waals surface area contributed by atoms with Crippen molar-refractivity contribution in [2.75, 3.05) is 6.61 Å². The number of benzene rings is 2. The molecule has 0 heterocycles. The fraction of sp³-hybridized carbons (Fsp3) is 0.188. The largest absolute Gasteiger partial charge is 0.482 e. The van der Waals surface area contributed by atoms with Crippen LogP contribution in [0.2, 0.25) is 0 Å². The Balaban J connectivity index is 1.97. The Bertz CT molecular complexity index is 711. The summed E-state index contributed by atoms with van der Waals surface area (Å²) < 4.78 is 10.5. The van der Waals surface area contributed by atoms with Gasteiger partial charge in [-0.3, -0.25) is 10.1 Å². The Morgan fingerprint density at radius 3 is 2.45 bits per heavy atom. The lowest BCUT2D eigenvalue weighted by Gasteiger charge is -2.10. The summed E-state index contributed by atoms with van der Waals surface area (Å²) in [6.07, 6.45) is 0. The van der Waals surface area contributed by atoms with Gasteiger partial charge in [-0.1, -0.05) is 18.2 Å². The van der Waals surface area contributed by atoms with Gasteiger partial charge in [-0.2, -0.15) is 0 Å². The van der Waals surface area contributed by atoms with Gasteiger partial charge in [0, 0.05) is 12.1 Å². The minimum atomic E-state index is -0.535. The molecule has 0 amide bonds. The van der Waals surface area contributed by atoms with Gasteiger partial charge in [0.15, 0.2) is 6.61 Å². The molecule has 0 unspecified atom stereocenters. The highest BCUT2D eigenvalue weighted by molar-refractivity contribution is 5.74. The first-order valence-corrected chi connectivity index (χ1v) is 6.61. The number of rotatable bonds is 5. The lowest BCUT2D eigenvalue weighted by molar-refractivity contribution is -0.384. The topological polar surface area (TPSA) is 78.7 Å². The second-order valence-electron chi connectivity index (χ2n) is 4.74. The van der Waals surface area contributed by atoms with Gasteiger partial charge < -0.3 is 9.47 Å².